The molecule has 0 aliphatic rings. The Balaban J connectivity index is 1.30. The zero-order valence-electron chi connectivity index (χ0n) is 22.1. The van der Waals surface area contributed by atoms with E-state index in [0.29, 0.717) is 34.5 Å². The number of alkyl halides is 3. The highest BCUT2D eigenvalue weighted by Crippen LogP contribution is 2.32. The minimum atomic E-state index is -4.46. The Morgan fingerprint density at radius 1 is 1.10 bits per heavy atom. The third-order valence-corrected chi connectivity index (χ3v) is 6.35. The van der Waals surface area contributed by atoms with E-state index >= 15 is 0 Å². The summed E-state index contributed by atoms with van der Waals surface area (Å²) >= 11 is 1.16. The lowest BCUT2D eigenvalue weighted by Crippen LogP contribution is -2.19. The van der Waals surface area contributed by atoms with Crippen LogP contribution in [0.5, 0.6) is 11.5 Å². The van der Waals surface area contributed by atoms with E-state index in [2.05, 4.69) is 20.8 Å². The van der Waals surface area contributed by atoms with E-state index in [-0.39, 0.29) is 24.4 Å². The van der Waals surface area contributed by atoms with Crippen LogP contribution in [0.1, 0.15) is 29.3 Å². The topological polar surface area (TPSA) is 128 Å². The molecule has 0 saturated carbocycles. The molecule has 2 N–H and O–H groups in total. The molecule has 3 aromatic carbocycles. The molecule has 218 valence electrons. The molecule has 0 bridgehead atoms. The van der Waals surface area contributed by atoms with Gasteiger partial charge in [0, 0.05) is 23.2 Å². The molecule has 4 aromatic rings. The minimum Gasteiger partial charge on any atom is -0.490 e. The standard InChI is InChI=1S/C28H24F3N5O5S/c1-2-40-25-12-19(8-11-24(25)41-16-18-6-9-23(10-7-18)36(38)39)15-32-35-26(37)14-22-17-42-27(34-22)33-21-5-3-4-20(13-21)28(29,30)31/h3-13,15,17H,2,14,16H2,1H3,(H,33,34)(H,35,37)/b32-15-. The second kappa shape index (κ2) is 13.6. The van der Waals surface area contributed by atoms with Gasteiger partial charge < -0.3 is 14.8 Å². The lowest BCUT2D eigenvalue weighted by Gasteiger charge is -2.12. The van der Waals surface area contributed by atoms with Gasteiger partial charge in [0.25, 0.3) is 5.69 Å². The molecular formula is C28H24F3N5O5S. The van der Waals surface area contributed by atoms with E-state index < -0.39 is 22.6 Å². The molecule has 0 unspecified atom stereocenters. The van der Waals surface area contributed by atoms with E-state index in [1.54, 1.807) is 35.7 Å². The van der Waals surface area contributed by atoms with Crippen LogP contribution in [0.25, 0.3) is 0 Å². The monoisotopic (exact) mass is 599 g/mol. The average Bonchev–Trinajstić information content (AvgIpc) is 3.39. The number of benzene rings is 3. The minimum absolute atomic E-state index is 0.00754. The van der Waals surface area contributed by atoms with Crippen molar-refractivity contribution in [2.75, 3.05) is 11.9 Å². The molecule has 0 radical (unpaired) electrons. The van der Waals surface area contributed by atoms with Crippen molar-refractivity contribution < 1.29 is 32.4 Å². The number of aromatic nitrogens is 1. The second-order valence-corrected chi connectivity index (χ2v) is 9.53. The van der Waals surface area contributed by atoms with Crippen molar-refractivity contribution in [3.05, 3.63) is 105 Å². The number of nitrogens with zero attached hydrogens (tertiary/aromatic N) is 3. The zero-order chi connectivity index (χ0) is 30.1. The fourth-order valence-corrected chi connectivity index (χ4v) is 4.32. The van der Waals surface area contributed by atoms with Gasteiger partial charge in [-0.3, -0.25) is 14.9 Å². The average molecular weight is 600 g/mol. The molecule has 0 fully saturated rings. The van der Waals surface area contributed by atoms with Gasteiger partial charge in [-0.1, -0.05) is 6.07 Å². The van der Waals surface area contributed by atoms with Crippen LogP contribution in [0.15, 0.2) is 77.2 Å². The largest absolute Gasteiger partial charge is 0.490 e. The Labute approximate surface area is 242 Å². The van der Waals surface area contributed by atoms with Crippen LogP contribution < -0.4 is 20.2 Å². The maximum absolute atomic E-state index is 12.9. The summed E-state index contributed by atoms with van der Waals surface area (Å²) in [6.07, 6.45) is -3.11. The van der Waals surface area contributed by atoms with Gasteiger partial charge in [0.1, 0.15) is 6.61 Å². The molecule has 1 amide bonds. The van der Waals surface area contributed by atoms with Crippen LogP contribution in [0.3, 0.4) is 0 Å². The highest BCUT2D eigenvalue weighted by Gasteiger charge is 2.30. The summed E-state index contributed by atoms with van der Waals surface area (Å²) in [5, 5.41) is 19.6. The van der Waals surface area contributed by atoms with Gasteiger partial charge in [0.15, 0.2) is 16.6 Å². The Hall–Kier alpha value is -4.98. The predicted octanol–water partition coefficient (Wildman–Crippen LogP) is 6.48. The third kappa shape index (κ3) is 8.51. The van der Waals surface area contributed by atoms with Crippen molar-refractivity contribution in [3.63, 3.8) is 0 Å². The fraction of sp³-hybridized carbons (Fsp3) is 0.179. The van der Waals surface area contributed by atoms with Crippen LogP contribution in [-0.4, -0.2) is 28.6 Å². The van der Waals surface area contributed by atoms with Gasteiger partial charge in [0.05, 0.1) is 35.4 Å². The molecule has 0 spiro atoms. The van der Waals surface area contributed by atoms with Gasteiger partial charge in [0.2, 0.25) is 5.91 Å². The maximum atomic E-state index is 12.9. The number of halogens is 3. The van der Waals surface area contributed by atoms with Gasteiger partial charge >= 0.3 is 6.18 Å². The number of thiazole rings is 1. The molecule has 0 atom stereocenters. The number of ether oxygens (including phenoxy) is 2. The third-order valence-electron chi connectivity index (χ3n) is 5.55. The van der Waals surface area contributed by atoms with Crippen molar-refractivity contribution in [1.29, 1.82) is 0 Å². The van der Waals surface area contributed by atoms with E-state index in [1.165, 1.54) is 30.5 Å². The number of carbonyl (C=O) groups is 1. The van der Waals surface area contributed by atoms with E-state index in [4.69, 9.17) is 9.47 Å². The highest BCUT2D eigenvalue weighted by molar-refractivity contribution is 7.13. The molecule has 10 nitrogen and oxygen atoms in total. The van der Waals surface area contributed by atoms with Gasteiger partial charge in [-0.05, 0) is 66.6 Å². The SMILES string of the molecule is CCOc1cc(/C=N\NC(=O)Cc2csc(Nc3cccc(C(F)(F)F)c3)n2)ccc1OCc1ccc([N+](=O)[O-])cc1. The van der Waals surface area contributed by atoms with Gasteiger partial charge in [-0.2, -0.15) is 18.3 Å². The van der Waals surface area contributed by atoms with Crippen LogP contribution in [0.4, 0.5) is 29.7 Å². The number of hydrazone groups is 1. The molecule has 4 rings (SSSR count). The summed E-state index contributed by atoms with van der Waals surface area (Å²) in [5.74, 6) is 0.489. The Bertz CT molecular complexity index is 1570. The van der Waals surface area contributed by atoms with E-state index in [9.17, 15) is 28.1 Å². The first-order chi connectivity index (χ1) is 20.1. The van der Waals surface area contributed by atoms with Crippen molar-refractivity contribution >= 4 is 40.0 Å². The molecule has 14 heteroatoms. The van der Waals surface area contributed by atoms with Crippen molar-refractivity contribution in [2.45, 2.75) is 26.1 Å². The lowest BCUT2D eigenvalue weighted by atomic mass is 10.2. The molecule has 1 heterocycles. The summed E-state index contributed by atoms with van der Waals surface area (Å²) in [7, 11) is 0. The number of non-ortho nitro benzene ring substituents is 1. The zero-order valence-corrected chi connectivity index (χ0v) is 22.9. The first-order valence-corrected chi connectivity index (χ1v) is 13.3. The summed E-state index contributed by atoms with van der Waals surface area (Å²) in [5.41, 5.74) is 3.66. The fourth-order valence-electron chi connectivity index (χ4n) is 3.59. The molecule has 1 aromatic heterocycles. The number of hydrogen-bond acceptors (Lipinski definition) is 9. The lowest BCUT2D eigenvalue weighted by molar-refractivity contribution is -0.384. The van der Waals surface area contributed by atoms with Crippen molar-refractivity contribution in [2.24, 2.45) is 5.10 Å². The van der Waals surface area contributed by atoms with E-state index in [1.807, 2.05) is 6.92 Å². The van der Waals surface area contributed by atoms with Gasteiger partial charge in [-0.25, -0.2) is 10.4 Å². The Morgan fingerprint density at radius 3 is 2.60 bits per heavy atom. The number of hydrogen-bond donors (Lipinski definition) is 2. The van der Waals surface area contributed by atoms with Crippen LogP contribution in [0, 0.1) is 10.1 Å². The van der Waals surface area contributed by atoms with Gasteiger partial charge in [-0.15, -0.1) is 11.3 Å². The maximum Gasteiger partial charge on any atom is 0.416 e. The number of carbonyl (C=O) groups excluding carboxylic acids is 1. The Kier molecular flexibility index (Phi) is 9.70. The van der Waals surface area contributed by atoms with Crippen molar-refractivity contribution in [3.8, 4) is 11.5 Å². The first-order valence-electron chi connectivity index (χ1n) is 12.4. The second-order valence-electron chi connectivity index (χ2n) is 8.67. The summed E-state index contributed by atoms with van der Waals surface area (Å²) in [6.45, 7) is 2.37. The number of rotatable bonds is 12. The molecule has 42 heavy (non-hydrogen) atoms. The predicted molar refractivity (Wildman–Crippen MR) is 151 cm³/mol. The van der Waals surface area contributed by atoms with Crippen LogP contribution >= 0.6 is 11.3 Å². The molecule has 0 aliphatic heterocycles. The van der Waals surface area contributed by atoms with E-state index in [0.717, 1.165) is 29.0 Å². The quantitative estimate of drug-likeness (QED) is 0.108. The number of nitrogens with one attached hydrogen (secondary N) is 2. The smallest absolute Gasteiger partial charge is 0.416 e. The summed E-state index contributed by atoms with van der Waals surface area (Å²) < 4.78 is 50.3. The summed E-state index contributed by atoms with van der Waals surface area (Å²) in [4.78, 5) is 26.9. The molecule has 0 saturated heterocycles. The van der Waals surface area contributed by atoms with Crippen molar-refractivity contribution in [1.82, 2.24) is 10.4 Å². The number of nitro benzene ring substituents is 1. The normalized spacial score (nSPS) is 11.3. The molecular weight excluding hydrogens is 575 g/mol. The number of anilines is 2. The van der Waals surface area contributed by atoms with Crippen LogP contribution in [-0.2, 0) is 24.0 Å². The Morgan fingerprint density at radius 2 is 1.88 bits per heavy atom. The molecule has 0 aliphatic carbocycles. The summed E-state index contributed by atoms with van der Waals surface area (Å²) in [6, 6.07) is 15.9. The van der Waals surface area contributed by atoms with Crippen LogP contribution in [0.2, 0.25) is 0 Å². The number of nitro groups is 1. The first kappa shape index (κ1) is 30.0. The number of amides is 1. The highest BCUT2D eigenvalue weighted by atomic mass is 32.1.